The number of halogens is 1. The van der Waals surface area contributed by atoms with E-state index in [9.17, 15) is 0 Å². The average Bonchev–Trinajstić information content (AvgIpc) is 3.33. The van der Waals surface area contributed by atoms with Crippen LogP contribution in [0.5, 0.6) is 0 Å². The molecule has 6 heteroatoms. The number of aryl methyl sites for hydroxylation is 1. The molecule has 0 aliphatic heterocycles. The summed E-state index contributed by atoms with van der Waals surface area (Å²) in [5.41, 5.74) is 1.12. The molecular weight excluding hydrogens is 292 g/mol. The molecule has 0 unspecified atom stereocenters. The van der Waals surface area contributed by atoms with Crippen LogP contribution < -0.4 is 0 Å². The quantitative estimate of drug-likeness (QED) is 0.801. The summed E-state index contributed by atoms with van der Waals surface area (Å²) >= 11 is 7.65. The minimum Gasteiger partial charge on any atom is -0.302 e. The molecule has 2 aliphatic carbocycles. The van der Waals surface area contributed by atoms with Crippen LogP contribution in [0.1, 0.15) is 49.0 Å². The van der Waals surface area contributed by atoms with Crippen molar-refractivity contribution in [2.45, 2.75) is 54.6 Å². The molecule has 0 spiro atoms. The Balaban J connectivity index is 1.70. The number of hydrogen-bond acceptors (Lipinski definition) is 4. The van der Waals surface area contributed by atoms with Crippen LogP contribution in [0.25, 0.3) is 0 Å². The fourth-order valence-electron chi connectivity index (χ4n) is 2.34. The molecule has 2 aromatic rings. The van der Waals surface area contributed by atoms with Crippen LogP contribution in [0.4, 0.5) is 0 Å². The van der Waals surface area contributed by atoms with Gasteiger partial charge in [-0.3, -0.25) is 0 Å². The zero-order valence-corrected chi connectivity index (χ0v) is 12.8. The molecule has 0 radical (unpaired) electrons. The smallest absolute Gasteiger partial charge is 0.196 e. The summed E-state index contributed by atoms with van der Waals surface area (Å²) in [6.07, 6.45) is 6.83. The molecule has 2 aromatic heterocycles. The highest BCUT2D eigenvalue weighted by Gasteiger charge is 2.36. The summed E-state index contributed by atoms with van der Waals surface area (Å²) < 4.78 is 2.36. The van der Waals surface area contributed by atoms with Crippen LogP contribution in [0.2, 0.25) is 5.15 Å². The minimum absolute atomic E-state index is 0.526. The first kappa shape index (κ1) is 12.7. The molecule has 20 heavy (non-hydrogen) atoms. The molecule has 0 atom stereocenters. The third-order valence-corrected chi connectivity index (χ3v) is 5.09. The predicted molar refractivity (Wildman–Crippen MR) is 78.4 cm³/mol. The Hall–Kier alpha value is -1.07. The highest BCUT2D eigenvalue weighted by atomic mass is 35.5. The highest BCUT2D eigenvalue weighted by molar-refractivity contribution is 7.99. The molecule has 0 saturated heterocycles. The van der Waals surface area contributed by atoms with E-state index in [4.69, 9.17) is 11.6 Å². The van der Waals surface area contributed by atoms with E-state index in [1.165, 1.54) is 31.5 Å². The number of pyridine rings is 1. The fraction of sp³-hybridized carbons (Fsp3) is 0.500. The van der Waals surface area contributed by atoms with E-state index in [0.717, 1.165) is 15.6 Å². The van der Waals surface area contributed by atoms with Gasteiger partial charge in [0.15, 0.2) is 5.16 Å². The van der Waals surface area contributed by atoms with E-state index in [-0.39, 0.29) is 0 Å². The van der Waals surface area contributed by atoms with Crippen molar-refractivity contribution in [3.63, 3.8) is 0 Å². The topological polar surface area (TPSA) is 43.6 Å². The van der Waals surface area contributed by atoms with E-state index >= 15 is 0 Å². The van der Waals surface area contributed by atoms with Gasteiger partial charge in [0.05, 0.1) is 0 Å². The van der Waals surface area contributed by atoms with Crippen molar-refractivity contribution in [3.05, 3.63) is 28.8 Å². The molecule has 0 N–H and O–H groups in total. The van der Waals surface area contributed by atoms with Crippen LogP contribution in [0.3, 0.4) is 0 Å². The summed E-state index contributed by atoms with van der Waals surface area (Å²) in [5.74, 6) is 1.83. The standard InChI is InChI=1S/C14H15ClN4S/c1-8-7-16-12(15)6-11(8)20-14-18-17-13(9-2-3-9)19(14)10-4-5-10/h6-7,9-10H,2-5H2,1H3. The number of hydrogen-bond donors (Lipinski definition) is 0. The van der Waals surface area contributed by atoms with Crippen molar-refractivity contribution < 1.29 is 0 Å². The Labute approximate surface area is 127 Å². The maximum Gasteiger partial charge on any atom is 0.196 e. The van der Waals surface area contributed by atoms with Gasteiger partial charge in [0.25, 0.3) is 0 Å². The van der Waals surface area contributed by atoms with E-state index in [1.54, 1.807) is 11.8 Å². The zero-order chi connectivity index (χ0) is 13.7. The fourth-order valence-corrected chi connectivity index (χ4v) is 3.57. The summed E-state index contributed by atoms with van der Waals surface area (Å²) in [4.78, 5) is 5.22. The van der Waals surface area contributed by atoms with Crippen molar-refractivity contribution in [2.75, 3.05) is 0 Å². The van der Waals surface area contributed by atoms with Crippen molar-refractivity contribution in [2.24, 2.45) is 0 Å². The zero-order valence-electron chi connectivity index (χ0n) is 11.2. The lowest BCUT2D eigenvalue weighted by molar-refractivity contribution is 0.627. The van der Waals surface area contributed by atoms with E-state index in [0.29, 0.717) is 17.1 Å². The summed E-state index contributed by atoms with van der Waals surface area (Å²) in [5, 5.41) is 10.4. The van der Waals surface area contributed by atoms with Gasteiger partial charge in [0.1, 0.15) is 11.0 Å². The van der Waals surface area contributed by atoms with E-state index in [1.807, 2.05) is 19.2 Å². The van der Waals surface area contributed by atoms with Crippen LogP contribution in [-0.4, -0.2) is 19.7 Å². The molecule has 4 rings (SSSR count). The van der Waals surface area contributed by atoms with Crippen molar-refractivity contribution >= 4 is 23.4 Å². The van der Waals surface area contributed by atoms with E-state index < -0.39 is 0 Å². The third kappa shape index (κ3) is 2.33. The maximum atomic E-state index is 6.00. The average molecular weight is 307 g/mol. The lowest BCUT2D eigenvalue weighted by Gasteiger charge is -2.09. The first-order valence-electron chi connectivity index (χ1n) is 6.97. The molecule has 2 heterocycles. The monoisotopic (exact) mass is 306 g/mol. The van der Waals surface area contributed by atoms with Crippen LogP contribution >= 0.6 is 23.4 Å². The normalized spacial score (nSPS) is 18.5. The lowest BCUT2D eigenvalue weighted by atomic mass is 10.3. The second-order valence-electron chi connectivity index (χ2n) is 5.59. The maximum absolute atomic E-state index is 6.00. The largest absolute Gasteiger partial charge is 0.302 e. The summed E-state index contributed by atoms with van der Waals surface area (Å²) in [7, 11) is 0. The molecule has 0 amide bonds. The highest BCUT2D eigenvalue weighted by Crippen LogP contribution is 2.46. The first-order chi connectivity index (χ1) is 9.72. The Morgan fingerprint density at radius 1 is 1.25 bits per heavy atom. The molecule has 4 nitrogen and oxygen atoms in total. The Morgan fingerprint density at radius 2 is 2.05 bits per heavy atom. The second-order valence-corrected chi connectivity index (χ2v) is 6.99. The van der Waals surface area contributed by atoms with Gasteiger partial charge in [-0.2, -0.15) is 0 Å². The van der Waals surface area contributed by atoms with Gasteiger partial charge in [-0.25, -0.2) is 4.98 Å². The van der Waals surface area contributed by atoms with Gasteiger partial charge in [-0.05, 0) is 56.0 Å². The summed E-state index contributed by atoms with van der Waals surface area (Å²) in [6, 6.07) is 2.52. The SMILES string of the molecule is Cc1cnc(Cl)cc1Sc1nnc(C2CC2)n1C1CC1. The third-order valence-electron chi connectivity index (χ3n) is 3.77. The van der Waals surface area contributed by atoms with Gasteiger partial charge in [-0.1, -0.05) is 11.6 Å². The molecule has 0 aromatic carbocycles. The van der Waals surface area contributed by atoms with Crippen LogP contribution in [0, 0.1) is 6.92 Å². The van der Waals surface area contributed by atoms with Gasteiger partial charge >= 0.3 is 0 Å². The van der Waals surface area contributed by atoms with Gasteiger partial charge in [0, 0.05) is 23.1 Å². The predicted octanol–water partition coefficient (Wildman–Crippen LogP) is 4.00. The number of nitrogens with zero attached hydrogens (tertiary/aromatic N) is 4. The Morgan fingerprint density at radius 3 is 2.75 bits per heavy atom. The summed E-state index contributed by atoms with van der Waals surface area (Å²) in [6.45, 7) is 2.05. The molecule has 2 saturated carbocycles. The van der Waals surface area contributed by atoms with Gasteiger partial charge in [-0.15, -0.1) is 10.2 Å². The van der Waals surface area contributed by atoms with Crippen molar-refractivity contribution in [1.29, 1.82) is 0 Å². The van der Waals surface area contributed by atoms with Crippen LogP contribution in [0.15, 0.2) is 22.3 Å². The minimum atomic E-state index is 0.526. The number of aromatic nitrogens is 4. The second kappa shape index (κ2) is 4.74. The lowest BCUT2D eigenvalue weighted by Crippen LogP contribution is -2.01. The molecule has 2 fully saturated rings. The Kier molecular flexibility index (Phi) is 3.00. The van der Waals surface area contributed by atoms with Gasteiger partial charge < -0.3 is 4.57 Å². The molecule has 104 valence electrons. The van der Waals surface area contributed by atoms with Crippen LogP contribution in [-0.2, 0) is 0 Å². The van der Waals surface area contributed by atoms with Crippen molar-refractivity contribution in [1.82, 2.24) is 19.7 Å². The van der Waals surface area contributed by atoms with Gasteiger partial charge in [0.2, 0.25) is 0 Å². The Bertz CT molecular complexity index is 661. The molecular formula is C14H15ClN4S. The molecule has 2 aliphatic rings. The number of rotatable bonds is 4. The van der Waals surface area contributed by atoms with E-state index in [2.05, 4.69) is 19.7 Å². The van der Waals surface area contributed by atoms with Crippen molar-refractivity contribution in [3.8, 4) is 0 Å². The molecule has 0 bridgehead atoms. The first-order valence-corrected chi connectivity index (χ1v) is 8.16.